The predicted molar refractivity (Wildman–Crippen MR) is 75.0 cm³/mol. The molecule has 0 saturated carbocycles. The van der Waals surface area contributed by atoms with E-state index in [1.54, 1.807) is 40.6 Å². The van der Waals surface area contributed by atoms with Crippen molar-refractivity contribution in [2.24, 2.45) is 0 Å². The number of aryl methyl sites for hydroxylation is 1. The maximum absolute atomic E-state index is 6.05. The summed E-state index contributed by atoms with van der Waals surface area (Å²) < 4.78 is 2.14. The van der Waals surface area contributed by atoms with Crippen LogP contribution in [0, 0.1) is 6.92 Å². The van der Waals surface area contributed by atoms with Gasteiger partial charge in [-0.25, -0.2) is 9.97 Å². The molecule has 17 heavy (non-hydrogen) atoms. The van der Waals surface area contributed by atoms with Crippen molar-refractivity contribution in [1.29, 1.82) is 0 Å². The van der Waals surface area contributed by atoms with Crippen molar-refractivity contribution in [1.82, 2.24) is 9.97 Å². The first-order chi connectivity index (χ1) is 8.22. The van der Waals surface area contributed by atoms with Crippen LogP contribution in [0.3, 0.4) is 0 Å². The highest BCUT2D eigenvalue weighted by Gasteiger charge is 2.08. The molecular weight excluding hydrogens is 270 g/mol. The minimum Gasteiger partial charge on any atom is -0.398 e. The summed E-state index contributed by atoms with van der Waals surface area (Å²) in [7, 11) is 0. The van der Waals surface area contributed by atoms with Gasteiger partial charge in [0.25, 0.3) is 0 Å². The molecule has 2 N–H and O–H groups in total. The van der Waals surface area contributed by atoms with Gasteiger partial charge in [0.1, 0.15) is 0 Å². The minimum absolute atomic E-state index is 0.793. The number of hydrogen-bond acceptors (Lipinski definition) is 6. The Morgan fingerprint density at radius 2 is 2.24 bits per heavy atom. The molecule has 0 bridgehead atoms. The van der Waals surface area contributed by atoms with E-state index in [1.165, 1.54) is 0 Å². The summed E-state index contributed by atoms with van der Waals surface area (Å²) in [6, 6.07) is 4.04. The van der Waals surface area contributed by atoms with Gasteiger partial charge in [-0.1, -0.05) is 11.8 Å². The fourth-order valence-corrected chi connectivity index (χ4v) is 4.02. The number of anilines is 1. The molecule has 6 heteroatoms. The second-order valence-corrected chi connectivity index (χ2v) is 6.91. The second kappa shape index (κ2) is 4.29. The summed E-state index contributed by atoms with van der Waals surface area (Å²) in [5.74, 6) is 0. The van der Waals surface area contributed by atoms with Crippen LogP contribution in [0.25, 0.3) is 10.2 Å². The van der Waals surface area contributed by atoms with Crippen molar-refractivity contribution in [2.75, 3.05) is 5.73 Å². The van der Waals surface area contributed by atoms with Crippen LogP contribution in [0.15, 0.2) is 32.9 Å². The van der Waals surface area contributed by atoms with Gasteiger partial charge in [-0.05, 0) is 19.1 Å². The summed E-state index contributed by atoms with van der Waals surface area (Å²) in [6.45, 7) is 2.01. The SMILES string of the molecule is Cc1nc2cc(Sc3nccs3)c(N)cc2s1. The molecule has 0 aliphatic carbocycles. The Morgan fingerprint density at radius 1 is 1.35 bits per heavy atom. The molecule has 0 spiro atoms. The van der Waals surface area contributed by atoms with E-state index in [2.05, 4.69) is 9.97 Å². The van der Waals surface area contributed by atoms with E-state index in [-0.39, 0.29) is 0 Å². The minimum atomic E-state index is 0.793. The molecule has 0 fully saturated rings. The van der Waals surface area contributed by atoms with Gasteiger partial charge in [0.2, 0.25) is 0 Å². The van der Waals surface area contributed by atoms with Crippen molar-refractivity contribution in [3.63, 3.8) is 0 Å². The molecule has 0 radical (unpaired) electrons. The molecule has 86 valence electrons. The maximum Gasteiger partial charge on any atom is 0.154 e. The number of hydrogen-bond donors (Lipinski definition) is 1. The van der Waals surface area contributed by atoms with Crippen LogP contribution < -0.4 is 5.73 Å². The van der Waals surface area contributed by atoms with E-state index in [0.29, 0.717) is 0 Å². The third-order valence-corrected chi connectivity index (χ3v) is 5.12. The molecule has 0 saturated heterocycles. The van der Waals surface area contributed by atoms with E-state index in [9.17, 15) is 0 Å². The monoisotopic (exact) mass is 279 g/mol. The zero-order valence-electron chi connectivity index (χ0n) is 9.01. The summed E-state index contributed by atoms with van der Waals surface area (Å²) in [4.78, 5) is 9.75. The number of aromatic nitrogens is 2. The van der Waals surface area contributed by atoms with Crippen LogP contribution in [-0.4, -0.2) is 9.97 Å². The average Bonchev–Trinajstić information content (AvgIpc) is 2.87. The fourth-order valence-electron chi connectivity index (χ4n) is 1.53. The molecule has 3 rings (SSSR count). The van der Waals surface area contributed by atoms with Crippen molar-refractivity contribution >= 4 is 50.3 Å². The van der Waals surface area contributed by atoms with Crippen molar-refractivity contribution in [2.45, 2.75) is 16.2 Å². The van der Waals surface area contributed by atoms with Crippen LogP contribution in [0.1, 0.15) is 5.01 Å². The lowest BCUT2D eigenvalue weighted by Crippen LogP contribution is -1.87. The van der Waals surface area contributed by atoms with Gasteiger partial charge in [-0.2, -0.15) is 0 Å². The fraction of sp³-hybridized carbons (Fsp3) is 0.0909. The second-order valence-electron chi connectivity index (χ2n) is 3.49. The Bertz CT molecular complexity index is 658. The number of rotatable bonds is 2. The molecule has 3 nitrogen and oxygen atoms in total. The lowest BCUT2D eigenvalue weighted by Gasteiger charge is -2.02. The van der Waals surface area contributed by atoms with Crippen molar-refractivity contribution in [3.05, 3.63) is 28.7 Å². The third-order valence-electron chi connectivity index (χ3n) is 2.23. The first-order valence-corrected chi connectivity index (χ1v) is 7.47. The van der Waals surface area contributed by atoms with E-state index in [4.69, 9.17) is 5.73 Å². The van der Waals surface area contributed by atoms with Crippen LogP contribution in [-0.2, 0) is 0 Å². The van der Waals surface area contributed by atoms with Gasteiger partial charge < -0.3 is 5.73 Å². The maximum atomic E-state index is 6.05. The van der Waals surface area contributed by atoms with Crippen LogP contribution in [0.2, 0.25) is 0 Å². The highest BCUT2D eigenvalue weighted by molar-refractivity contribution is 8.01. The predicted octanol–water partition coefficient (Wildman–Crippen LogP) is 3.79. The van der Waals surface area contributed by atoms with Gasteiger partial charge in [0.05, 0.1) is 15.2 Å². The molecule has 0 unspecified atom stereocenters. The Balaban J connectivity index is 2.06. The Labute approximate surface area is 111 Å². The Kier molecular flexibility index (Phi) is 2.78. The standard InChI is InChI=1S/C11H9N3S3/c1-6-14-8-5-9(7(12)4-10(8)16-6)17-11-13-2-3-15-11/h2-5H,12H2,1H3. The Morgan fingerprint density at radius 3 is 3.00 bits per heavy atom. The summed E-state index contributed by atoms with van der Waals surface area (Å²) in [5.41, 5.74) is 7.85. The molecule has 2 aromatic heterocycles. The molecule has 0 aliphatic heterocycles. The first kappa shape index (κ1) is 11.0. The van der Waals surface area contributed by atoms with E-state index < -0.39 is 0 Å². The van der Waals surface area contributed by atoms with Crippen molar-refractivity contribution in [3.8, 4) is 0 Å². The summed E-state index contributed by atoms with van der Waals surface area (Å²) in [6.07, 6.45) is 1.80. The molecule has 0 amide bonds. The van der Waals surface area contributed by atoms with Gasteiger partial charge in [0.15, 0.2) is 4.34 Å². The smallest absolute Gasteiger partial charge is 0.154 e. The quantitative estimate of drug-likeness (QED) is 0.725. The first-order valence-electron chi connectivity index (χ1n) is 4.96. The molecule has 3 aromatic rings. The largest absolute Gasteiger partial charge is 0.398 e. The number of fused-ring (bicyclic) bond motifs is 1. The number of nitrogen functional groups attached to an aromatic ring is 1. The number of benzene rings is 1. The lowest BCUT2D eigenvalue weighted by molar-refractivity contribution is 1.25. The lowest BCUT2D eigenvalue weighted by atomic mass is 10.3. The van der Waals surface area contributed by atoms with Gasteiger partial charge in [-0.15, -0.1) is 22.7 Å². The third kappa shape index (κ3) is 2.15. The zero-order valence-corrected chi connectivity index (χ0v) is 11.5. The average molecular weight is 279 g/mol. The van der Waals surface area contributed by atoms with Crippen LogP contribution >= 0.6 is 34.4 Å². The van der Waals surface area contributed by atoms with Crippen LogP contribution in [0.4, 0.5) is 5.69 Å². The van der Waals surface area contributed by atoms with Gasteiger partial charge in [0, 0.05) is 22.2 Å². The molecular formula is C11H9N3S3. The number of thiazole rings is 2. The summed E-state index contributed by atoms with van der Waals surface area (Å²) in [5, 5.41) is 3.03. The Hall–Kier alpha value is -1.11. The number of nitrogens with two attached hydrogens (primary N) is 1. The van der Waals surface area contributed by atoms with Crippen molar-refractivity contribution < 1.29 is 0 Å². The summed E-state index contributed by atoms with van der Waals surface area (Å²) >= 11 is 4.88. The van der Waals surface area contributed by atoms with E-state index >= 15 is 0 Å². The molecule has 1 aromatic carbocycles. The van der Waals surface area contributed by atoms with E-state index in [0.717, 1.165) is 30.1 Å². The topological polar surface area (TPSA) is 51.8 Å². The normalized spacial score (nSPS) is 11.1. The highest BCUT2D eigenvalue weighted by Crippen LogP contribution is 2.36. The number of nitrogens with zero attached hydrogens (tertiary/aromatic N) is 2. The molecule has 0 aliphatic rings. The highest BCUT2D eigenvalue weighted by atomic mass is 32.2. The van der Waals surface area contributed by atoms with Gasteiger partial charge in [-0.3, -0.25) is 0 Å². The zero-order chi connectivity index (χ0) is 11.8. The van der Waals surface area contributed by atoms with E-state index in [1.807, 2.05) is 24.4 Å². The van der Waals surface area contributed by atoms with Crippen LogP contribution in [0.5, 0.6) is 0 Å². The molecule has 0 atom stereocenters. The molecule has 2 heterocycles. The van der Waals surface area contributed by atoms with Gasteiger partial charge >= 0.3 is 0 Å².